The summed E-state index contributed by atoms with van der Waals surface area (Å²) in [6, 6.07) is 14.8. The summed E-state index contributed by atoms with van der Waals surface area (Å²) in [5.41, 5.74) is 5.70. The molecule has 0 spiro atoms. The van der Waals surface area contributed by atoms with Gasteiger partial charge in [0.2, 0.25) is 0 Å². The molecule has 2 aromatic rings. The average molecular weight is 309 g/mol. The molecule has 1 aliphatic carbocycles. The highest BCUT2D eigenvalue weighted by molar-refractivity contribution is 5.80. The lowest BCUT2D eigenvalue weighted by Gasteiger charge is -2.25. The zero-order chi connectivity index (χ0) is 16.2. The molecular weight excluding hydrogens is 282 g/mol. The minimum Gasteiger partial charge on any atom is -0.384 e. The summed E-state index contributed by atoms with van der Waals surface area (Å²) in [6.45, 7) is 6.67. The molecule has 23 heavy (non-hydrogen) atoms. The fourth-order valence-corrected chi connectivity index (χ4v) is 3.43. The van der Waals surface area contributed by atoms with Crippen LogP contribution in [0.2, 0.25) is 0 Å². The number of benzene rings is 2. The molecule has 1 unspecified atom stereocenters. The van der Waals surface area contributed by atoms with Crippen LogP contribution in [0.3, 0.4) is 0 Å². The van der Waals surface area contributed by atoms with Crippen molar-refractivity contribution in [1.82, 2.24) is 0 Å². The number of nitrogens with zero attached hydrogens (tertiary/aromatic N) is 1. The monoisotopic (exact) mass is 309 g/mol. The Morgan fingerprint density at radius 1 is 0.870 bits per heavy atom. The lowest BCUT2D eigenvalue weighted by molar-refractivity contribution is 0.225. The summed E-state index contributed by atoms with van der Waals surface area (Å²) in [5, 5.41) is 10.7. The molecule has 2 heteroatoms. The molecule has 2 nitrogen and oxygen atoms in total. The highest BCUT2D eigenvalue weighted by Gasteiger charge is 2.27. The van der Waals surface area contributed by atoms with Gasteiger partial charge in [0, 0.05) is 18.8 Å². The molecule has 122 valence electrons. The summed E-state index contributed by atoms with van der Waals surface area (Å²) in [5.74, 6) is 0. The normalized spacial score (nSPS) is 15.3. The average Bonchev–Trinajstić information content (AvgIpc) is 2.88. The lowest BCUT2D eigenvalue weighted by Crippen LogP contribution is -2.25. The van der Waals surface area contributed by atoms with Gasteiger partial charge in [-0.1, -0.05) is 57.0 Å². The first-order valence-corrected chi connectivity index (χ1v) is 8.92. The molecule has 0 saturated heterocycles. The maximum Gasteiger partial charge on any atom is 0.105 e. The number of aliphatic hydroxyl groups excluding tert-OH is 1. The molecule has 0 bridgehead atoms. The van der Waals surface area contributed by atoms with E-state index in [0.717, 1.165) is 24.2 Å². The van der Waals surface area contributed by atoms with Crippen LogP contribution in [0.5, 0.6) is 0 Å². The predicted octanol–water partition coefficient (Wildman–Crippen LogP) is 5.16. The Morgan fingerprint density at radius 2 is 1.52 bits per heavy atom. The Balaban J connectivity index is 1.91. The van der Waals surface area contributed by atoms with Gasteiger partial charge in [-0.2, -0.15) is 0 Å². The van der Waals surface area contributed by atoms with Crippen molar-refractivity contribution in [1.29, 1.82) is 0 Å². The molecule has 0 aromatic heterocycles. The second kappa shape index (κ2) is 7.18. The number of unbranched alkanes of at least 4 members (excludes halogenated alkanes) is 2. The zero-order valence-electron chi connectivity index (χ0n) is 14.3. The molecule has 3 rings (SSSR count). The van der Waals surface area contributed by atoms with E-state index in [4.69, 9.17) is 0 Å². The van der Waals surface area contributed by atoms with Gasteiger partial charge in [-0.25, -0.2) is 0 Å². The topological polar surface area (TPSA) is 23.5 Å². The minimum atomic E-state index is -0.486. The van der Waals surface area contributed by atoms with Crippen molar-refractivity contribution in [2.75, 3.05) is 18.0 Å². The lowest BCUT2D eigenvalue weighted by atomic mass is 10.0. The van der Waals surface area contributed by atoms with Gasteiger partial charge in [-0.3, -0.25) is 0 Å². The van der Waals surface area contributed by atoms with Crippen molar-refractivity contribution >= 4 is 5.69 Å². The van der Waals surface area contributed by atoms with Crippen molar-refractivity contribution in [2.24, 2.45) is 0 Å². The van der Waals surface area contributed by atoms with Gasteiger partial charge in [0.05, 0.1) is 0 Å². The standard InChI is InChI=1S/C21H27NO/c1-3-5-13-22(14-6-4-2)16-11-12-18-17-9-7-8-10-19(17)21(23)20(18)15-16/h7-12,15,21,23H,3-6,13-14H2,1-2H3. The van der Waals surface area contributed by atoms with Crippen LogP contribution in [-0.4, -0.2) is 18.2 Å². The quantitative estimate of drug-likeness (QED) is 0.764. The van der Waals surface area contributed by atoms with Crippen molar-refractivity contribution in [3.05, 3.63) is 53.6 Å². The van der Waals surface area contributed by atoms with Crippen molar-refractivity contribution in [3.63, 3.8) is 0 Å². The molecule has 1 N–H and O–H groups in total. The molecular formula is C21H27NO. The first-order chi connectivity index (χ1) is 11.3. The third-order valence-corrected chi connectivity index (χ3v) is 4.80. The number of anilines is 1. The number of rotatable bonds is 7. The molecule has 1 aliphatic rings. The fourth-order valence-electron chi connectivity index (χ4n) is 3.43. The van der Waals surface area contributed by atoms with Crippen LogP contribution in [0.4, 0.5) is 5.69 Å². The van der Waals surface area contributed by atoms with Gasteiger partial charge >= 0.3 is 0 Å². The van der Waals surface area contributed by atoms with Crippen LogP contribution in [0.15, 0.2) is 42.5 Å². The largest absolute Gasteiger partial charge is 0.384 e. The zero-order valence-corrected chi connectivity index (χ0v) is 14.3. The van der Waals surface area contributed by atoms with Crippen LogP contribution in [-0.2, 0) is 0 Å². The van der Waals surface area contributed by atoms with Gasteiger partial charge in [0.1, 0.15) is 6.10 Å². The van der Waals surface area contributed by atoms with Gasteiger partial charge in [-0.05, 0) is 47.2 Å². The molecule has 0 fully saturated rings. The maximum atomic E-state index is 10.7. The number of aliphatic hydroxyl groups is 1. The molecule has 0 heterocycles. The number of hydrogen-bond donors (Lipinski definition) is 1. The summed E-state index contributed by atoms with van der Waals surface area (Å²) in [7, 11) is 0. The van der Waals surface area contributed by atoms with Gasteiger partial charge in [0.15, 0.2) is 0 Å². The van der Waals surface area contributed by atoms with Crippen LogP contribution in [0.25, 0.3) is 11.1 Å². The SMILES string of the molecule is CCCCN(CCCC)c1ccc2c(c1)C(O)c1ccccc1-2. The van der Waals surface area contributed by atoms with Gasteiger partial charge in [-0.15, -0.1) is 0 Å². The molecule has 0 saturated carbocycles. The smallest absolute Gasteiger partial charge is 0.105 e. The molecule has 0 aliphatic heterocycles. The van der Waals surface area contributed by atoms with E-state index in [0.29, 0.717) is 0 Å². The summed E-state index contributed by atoms with van der Waals surface area (Å²) >= 11 is 0. The molecule has 0 amide bonds. The van der Waals surface area contributed by atoms with E-state index < -0.39 is 6.10 Å². The Bertz CT molecular complexity index is 657. The molecule has 0 radical (unpaired) electrons. The van der Waals surface area contributed by atoms with Crippen molar-refractivity contribution in [3.8, 4) is 11.1 Å². The number of fused-ring (bicyclic) bond motifs is 3. The van der Waals surface area contributed by atoms with Crippen molar-refractivity contribution < 1.29 is 5.11 Å². The second-order valence-corrected chi connectivity index (χ2v) is 6.46. The Labute approximate surface area is 139 Å². The van der Waals surface area contributed by atoms with Crippen LogP contribution < -0.4 is 4.90 Å². The third kappa shape index (κ3) is 3.13. The Hall–Kier alpha value is -1.80. The first kappa shape index (κ1) is 16.1. The van der Waals surface area contributed by atoms with E-state index in [2.05, 4.69) is 43.0 Å². The predicted molar refractivity (Wildman–Crippen MR) is 98.0 cm³/mol. The van der Waals surface area contributed by atoms with Crippen molar-refractivity contribution in [2.45, 2.75) is 45.6 Å². The van der Waals surface area contributed by atoms with E-state index in [1.54, 1.807) is 0 Å². The van der Waals surface area contributed by atoms with E-state index >= 15 is 0 Å². The maximum absolute atomic E-state index is 10.7. The summed E-state index contributed by atoms with van der Waals surface area (Å²) in [6.07, 6.45) is 4.36. The summed E-state index contributed by atoms with van der Waals surface area (Å²) in [4.78, 5) is 2.48. The van der Waals surface area contributed by atoms with E-state index in [9.17, 15) is 5.11 Å². The highest BCUT2D eigenvalue weighted by Crippen LogP contribution is 2.44. The molecule has 1 atom stereocenters. The van der Waals surface area contributed by atoms with E-state index in [1.807, 2.05) is 18.2 Å². The number of hydrogen-bond acceptors (Lipinski definition) is 2. The summed E-state index contributed by atoms with van der Waals surface area (Å²) < 4.78 is 0. The fraction of sp³-hybridized carbons (Fsp3) is 0.429. The Kier molecular flexibility index (Phi) is 5.02. The van der Waals surface area contributed by atoms with Crippen LogP contribution >= 0.6 is 0 Å². The highest BCUT2D eigenvalue weighted by atomic mass is 16.3. The van der Waals surface area contributed by atoms with E-state index in [-0.39, 0.29) is 0 Å². The Morgan fingerprint density at radius 3 is 2.22 bits per heavy atom. The minimum absolute atomic E-state index is 0.486. The van der Waals surface area contributed by atoms with E-state index in [1.165, 1.54) is 42.5 Å². The van der Waals surface area contributed by atoms with Crippen LogP contribution in [0, 0.1) is 0 Å². The third-order valence-electron chi connectivity index (χ3n) is 4.80. The van der Waals surface area contributed by atoms with Gasteiger partial charge in [0.25, 0.3) is 0 Å². The second-order valence-electron chi connectivity index (χ2n) is 6.46. The first-order valence-electron chi connectivity index (χ1n) is 8.92. The molecule has 2 aromatic carbocycles. The van der Waals surface area contributed by atoms with Crippen LogP contribution in [0.1, 0.15) is 56.8 Å². The van der Waals surface area contributed by atoms with Gasteiger partial charge < -0.3 is 10.0 Å².